The molecular weight excluding hydrogens is 272 g/mol. The SMILES string of the molecule is CCCNc1ncc(Cl)c(N2CCC(C(C)(C)C)C2)n1. The van der Waals surface area contributed by atoms with Crippen LogP contribution in [0.2, 0.25) is 5.02 Å². The number of anilines is 2. The van der Waals surface area contributed by atoms with Gasteiger partial charge in [0.25, 0.3) is 0 Å². The molecule has 0 aromatic carbocycles. The van der Waals surface area contributed by atoms with Crippen LogP contribution in [0.25, 0.3) is 0 Å². The molecule has 1 fully saturated rings. The standard InChI is InChI=1S/C15H25ClN4/c1-5-7-17-14-18-9-12(16)13(19-14)20-8-6-11(10-20)15(2,3)4/h9,11H,5-8,10H2,1-4H3,(H,17,18,19). The molecule has 0 saturated carbocycles. The molecule has 5 heteroatoms. The smallest absolute Gasteiger partial charge is 0.224 e. The highest BCUT2D eigenvalue weighted by Gasteiger charge is 2.33. The van der Waals surface area contributed by atoms with Gasteiger partial charge in [-0.05, 0) is 24.2 Å². The van der Waals surface area contributed by atoms with Gasteiger partial charge < -0.3 is 10.2 Å². The van der Waals surface area contributed by atoms with Crippen LogP contribution in [0.5, 0.6) is 0 Å². The Labute approximate surface area is 126 Å². The van der Waals surface area contributed by atoms with E-state index in [1.165, 1.54) is 6.42 Å². The molecule has 2 rings (SSSR count). The van der Waals surface area contributed by atoms with Crippen molar-refractivity contribution < 1.29 is 0 Å². The average molecular weight is 297 g/mol. The second kappa shape index (κ2) is 6.17. The minimum atomic E-state index is 0.331. The second-order valence-corrected chi connectivity index (χ2v) is 7.00. The van der Waals surface area contributed by atoms with Crippen LogP contribution in [0, 0.1) is 11.3 Å². The fraction of sp³-hybridized carbons (Fsp3) is 0.733. The van der Waals surface area contributed by atoms with Gasteiger partial charge in [0.1, 0.15) is 5.02 Å². The van der Waals surface area contributed by atoms with Crippen LogP contribution >= 0.6 is 11.6 Å². The maximum atomic E-state index is 6.28. The van der Waals surface area contributed by atoms with Gasteiger partial charge in [-0.3, -0.25) is 0 Å². The number of hydrogen-bond donors (Lipinski definition) is 1. The van der Waals surface area contributed by atoms with Crippen molar-refractivity contribution in [3.8, 4) is 0 Å². The zero-order chi connectivity index (χ0) is 14.8. The van der Waals surface area contributed by atoms with E-state index in [1.54, 1.807) is 6.20 Å². The van der Waals surface area contributed by atoms with Crippen LogP contribution in [-0.4, -0.2) is 29.6 Å². The van der Waals surface area contributed by atoms with Crippen molar-refractivity contribution in [2.75, 3.05) is 29.9 Å². The number of rotatable bonds is 4. The molecule has 1 aromatic heterocycles. The van der Waals surface area contributed by atoms with Gasteiger partial charge in [0.15, 0.2) is 5.82 Å². The molecule has 1 unspecified atom stereocenters. The molecule has 1 aromatic rings. The summed E-state index contributed by atoms with van der Waals surface area (Å²) in [4.78, 5) is 11.1. The Morgan fingerprint density at radius 2 is 2.20 bits per heavy atom. The van der Waals surface area contributed by atoms with Gasteiger partial charge in [-0.15, -0.1) is 0 Å². The second-order valence-electron chi connectivity index (χ2n) is 6.59. The van der Waals surface area contributed by atoms with Crippen LogP contribution in [0.4, 0.5) is 11.8 Å². The highest BCUT2D eigenvalue weighted by atomic mass is 35.5. The van der Waals surface area contributed by atoms with E-state index in [-0.39, 0.29) is 0 Å². The quantitative estimate of drug-likeness (QED) is 0.917. The number of aromatic nitrogens is 2. The Balaban J connectivity index is 2.12. The zero-order valence-electron chi connectivity index (χ0n) is 12.9. The van der Waals surface area contributed by atoms with Crippen molar-refractivity contribution in [3.05, 3.63) is 11.2 Å². The Morgan fingerprint density at radius 1 is 1.45 bits per heavy atom. The monoisotopic (exact) mass is 296 g/mol. The third kappa shape index (κ3) is 3.54. The molecule has 0 spiro atoms. The third-order valence-electron chi connectivity index (χ3n) is 3.97. The number of nitrogens with zero attached hydrogens (tertiary/aromatic N) is 3. The van der Waals surface area contributed by atoms with E-state index in [0.29, 0.717) is 22.3 Å². The molecule has 1 aliphatic heterocycles. The van der Waals surface area contributed by atoms with E-state index in [0.717, 1.165) is 31.9 Å². The first-order valence-corrected chi connectivity index (χ1v) is 7.81. The highest BCUT2D eigenvalue weighted by molar-refractivity contribution is 6.32. The van der Waals surface area contributed by atoms with Gasteiger partial charge in [0, 0.05) is 19.6 Å². The number of nitrogens with one attached hydrogen (secondary N) is 1. The summed E-state index contributed by atoms with van der Waals surface area (Å²) in [6.07, 6.45) is 3.95. The predicted molar refractivity (Wildman–Crippen MR) is 85.6 cm³/mol. The first kappa shape index (κ1) is 15.4. The molecule has 1 atom stereocenters. The molecule has 0 amide bonds. The number of hydrogen-bond acceptors (Lipinski definition) is 4. The molecule has 1 N–H and O–H groups in total. The van der Waals surface area contributed by atoms with Gasteiger partial charge in [0.05, 0.1) is 6.20 Å². The third-order valence-corrected chi connectivity index (χ3v) is 4.24. The van der Waals surface area contributed by atoms with Crippen molar-refractivity contribution in [2.24, 2.45) is 11.3 Å². The lowest BCUT2D eigenvalue weighted by Crippen LogP contribution is -2.26. The molecule has 2 heterocycles. The Bertz CT molecular complexity index is 456. The molecule has 0 bridgehead atoms. The van der Waals surface area contributed by atoms with Crippen molar-refractivity contribution in [1.29, 1.82) is 0 Å². The van der Waals surface area contributed by atoms with E-state index >= 15 is 0 Å². The lowest BCUT2D eigenvalue weighted by Gasteiger charge is -2.27. The average Bonchev–Trinajstić information content (AvgIpc) is 2.87. The van der Waals surface area contributed by atoms with Crippen LogP contribution in [0.15, 0.2) is 6.20 Å². The summed E-state index contributed by atoms with van der Waals surface area (Å²) in [7, 11) is 0. The zero-order valence-corrected chi connectivity index (χ0v) is 13.7. The molecule has 1 saturated heterocycles. The molecule has 4 nitrogen and oxygen atoms in total. The first-order chi connectivity index (χ1) is 9.41. The topological polar surface area (TPSA) is 41.1 Å². The van der Waals surface area contributed by atoms with Crippen molar-refractivity contribution in [2.45, 2.75) is 40.5 Å². The largest absolute Gasteiger partial charge is 0.355 e. The molecular formula is C15H25ClN4. The van der Waals surface area contributed by atoms with Gasteiger partial charge in [-0.2, -0.15) is 4.98 Å². The predicted octanol–water partition coefficient (Wildman–Crippen LogP) is 3.82. The minimum absolute atomic E-state index is 0.331. The molecule has 20 heavy (non-hydrogen) atoms. The summed E-state index contributed by atoms with van der Waals surface area (Å²) in [5.41, 5.74) is 0.331. The Kier molecular flexibility index (Phi) is 4.74. The fourth-order valence-electron chi connectivity index (χ4n) is 2.56. The Hall–Kier alpha value is -1.03. The summed E-state index contributed by atoms with van der Waals surface area (Å²) in [6, 6.07) is 0. The van der Waals surface area contributed by atoms with E-state index in [1.807, 2.05) is 0 Å². The van der Waals surface area contributed by atoms with Crippen LogP contribution < -0.4 is 10.2 Å². The van der Waals surface area contributed by atoms with Gasteiger partial charge in [-0.1, -0.05) is 39.3 Å². The summed E-state index contributed by atoms with van der Waals surface area (Å²) in [5, 5.41) is 3.86. The number of halogens is 1. The van der Waals surface area contributed by atoms with Gasteiger partial charge in [0.2, 0.25) is 5.95 Å². The maximum Gasteiger partial charge on any atom is 0.224 e. The van der Waals surface area contributed by atoms with Crippen molar-refractivity contribution in [3.63, 3.8) is 0 Å². The summed E-state index contributed by atoms with van der Waals surface area (Å²) >= 11 is 6.28. The normalized spacial score (nSPS) is 19.4. The Morgan fingerprint density at radius 3 is 2.80 bits per heavy atom. The first-order valence-electron chi connectivity index (χ1n) is 7.43. The van der Waals surface area contributed by atoms with Crippen molar-refractivity contribution >= 4 is 23.4 Å². The maximum absolute atomic E-state index is 6.28. The summed E-state index contributed by atoms with van der Waals surface area (Å²) in [5.74, 6) is 2.22. The van der Waals surface area contributed by atoms with Crippen molar-refractivity contribution in [1.82, 2.24) is 9.97 Å². The van der Waals surface area contributed by atoms with E-state index in [9.17, 15) is 0 Å². The van der Waals surface area contributed by atoms with E-state index < -0.39 is 0 Å². The lowest BCUT2D eigenvalue weighted by molar-refractivity contribution is 0.263. The lowest BCUT2D eigenvalue weighted by atomic mass is 9.80. The summed E-state index contributed by atoms with van der Waals surface area (Å²) < 4.78 is 0. The van der Waals surface area contributed by atoms with Gasteiger partial charge in [-0.25, -0.2) is 4.98 Å². The minimum Gasteiger partial charge on any atom is -0.355 e. The van der Waals surface area contributed by atoms with Crippen LogP contribution in [0.1, 0.15) is 40.5 Å². The summed E-state index contributed by atoms with van der Waals surface area (Å²) in [6.45, 7) is 12.0. The fourth-order valence-corrected chi connectivity index (χ4v) is 2.77. The molecule has 1 aliphatic rings. The van der Waals surface area contributed by atoms with Crippen LogP contribution in [-0.2, 0) is 0 Å². The van der Waals surface area contributed by atoms with Crippen LogP contribution in [0.3, 0.4) is 0 Å². The molecule has 112 valence electrons. The molecule has 0 radical (unpaired) electrons. The molecule has 0 aliphatic carbocycles. The highest BCUT2D eigenvalue weighted by Crippen LogP contribution is 2.36. The van der Waals surface area contributed by atoms with E-state index in [2.05, 4.69) is 47.9 Å². The van der Waals surface area contributed by atoms with E-state index in [4.69, 9.17) is 11.6 Å². The van der Waals surface area contributed by atoms with Gasteiger partial charge >= 0.3 is 0 Å².